The number of carbonyl (C=O) groups is 2. The quantitative estimate of drug-likeness (QED) is 0.474. The van der Waals surface area contributed by atoms with Crippen LogP contribution in [0.25, 0.3) is 0 Å². The van der Waals surface area contributed by atoms with Gasteiger partial charge in [-0.15, -0.1) is 0 Å². The molecule has 0 fully saturated rings. The van der Waals surface area contributed by atoms with E-state index in [0.717, 1.165) is 5.56 Å². The number of carbonyl (C=O) groups excluding carboxylic acids is 2. The summed E-state index contributed by atoms with van der Waals surface area (Å²) in [5, 5.41) is 5.03. The van der Waals surface area contributed by atoms with Crippen molar-refractivity contribution < 1.29 is 19.1 Å². The second-order valence-electron chi connectivity index (χ2n) is 4.37. The van der Waals surface area contributed by atoms with E-state index in [-0.39, 0.29) is 25.9 Å². The fourth-order valence-electron chi connectivity index (χ4n) is 1.35. The maximum absolute atomic E-state index is 11.4. The van der Waals surface area contributed by atoms with Gasteiger partial charge in [-0.05, 0) is 12.5 Å². The smallest absolute Gasteiger partial charge is 0.407 e. The van der Waals surface area contributed by atoms with Crippen molar-refractivity contribution in [3.8, 4) is 0 Å². The molecule has 0 spiro atoms. The third-order valence-corrected chi connectivity index (χ3v) is 2.49. The lowest BCUT2D eigenvalue weighted by atomic mass is 10.2. The Morgan fingerprint density at radius 1 is 1.24 bits per heavy atom. The SMILES string of the molecule is C[C@H](N)C(=O)NCOCCNC(=O)OCc1ccccc1. The number of nitrogens with two attached hydrogens (primary N) is 1. The minimum absolute atomic E-state index is 0.0567. The van der Waals surface area contributed by atoms with E-state index >= 15 is 0 Å². The van der Waals surface area contributed by atoms with Gasteiger partial charge in [-0.3, -0.25) is 4.79 Å². The highest BCUT2D eigenvalue weighted by Gasteiger charge is 2.05. The van der Waals surface area contributed by atoms with E-state index in [2.05, 4.69) is 10.6 Å². The van der Waals surface area contributed by atoms with E-state index in [1.54, 1.807) is 6.92 Å². The molecule has 0 radical (unpaired) electrons. The first-order valence-electron chi connectivity index (χ1n) is 6.65. The molecule has 0 aliphatic rings. The number of alkyl carbamates (subject to hydrolysis) is 1. The highest BCUT2D eigenvalue weighted by Crippen LogP contribution is 2.00. The van der Waals surface area contributed by atoms with Crippen molar-refractivity contribution in [3.05, 3.63) is 35.9 Å². The topological polar surface area (TPSA) is 103 Å². The van der Waals surface area contributed by atoms with Gasteiger partial charge >= 0.3 is 6.09 Å². The van der Waals surface area contributed by atoms with Gasteiger partial charge in [-0.1, -0.05) is 30.3 Å². The Balaban J connectivity index is 2.00. The van der Waals surface area contributed by atoms with Crippen LogP contribution in [0, 0.1) is 0 Å². The summed E-state index contributed by atoms with van der Waals surface area (Å²) in [4.78, 5) is 22.5. The van der Waals surface area contributed by atoms with Gasteiger partial charge in [-0.25, -0.2) is 4.79 Å². The number of benzene rings is 1. The summed E-state index contributed by atoms with van der Waals surface area (Å²) in [6.45, 7) is 2.42. The second-order valence-corrected chi connectivity index (χ2v) is 4.37. The fraction of sp³-hybridized carbons (Fsp3) is 0.429. The van der Waals surface area contributed by atoms with E-state index in [4.69, 9.17) is 15.2 Å². The minimum Gasteiger partial charge on any atom is -0.445 e. The van der Waals surface area contributed by atoms with Gasteiger partial charge in [0.1, 0.15) is 13.3 Å². The summed E-state index contributed by atoms with van der Waals surface area (Å²) in [5.74, 6) is -0.287. The van der Waals surface area contributed by atoms with Crippen molar-refractivity contribution in [2.45, 2.75) is 19.6 Å². The molecule has 7 heteroatoms. The van der Waals surface area contributed by atoms with Crippen molar-refractivity contribution in [1.82, 2.24) is 10.6 Å². The molecule has 2 amide bonds. The zero-order valence-electron chi connectivity index (χ0n) is 12.0. The summed E-state index contributed by atoms with van der Waals surface area (Å²) in [7, 11) is 0. The van der Waals surface area contributed by atoms with Crippen molar-refractivity contribution in [3.63, 3.8) is 0 Å². The average Bonchev–Trinajstić information content (AvgIpc) is 2.49. The summed E-state index contributed by atoms with van der Waals surface area (Å²) in [6.07, 6.45) is -0.512. The lowest BCUT2D eigenvalue weighted by Crippen LogP contribution is -2.39. The van der Waals surface area contributed by atoms with Crippen molar-refractivity contribution in [2.24, 2.45) is 5.73 Å². The maximum Gasteiger partial charge on any atom is 0.407 e. The van der Waals surface area contributed by atoms with Crippen LogP contribution >= 0.6 is 0 Å². The molecule has 0 aliphatic heterocycles. The second kappa shape index (κ2) is 9.73. The van der Waals surface area contributed by atoms with Crippen molar-refractivity contribution >= 4 is 12.0 Å². The van der Waals surface area contributed by atoms with Gasteiger partial charge in [0, 0.05) is 6.54 Å². The first-order valence-corrected chi connectivity index (χ1v) is 6.65. The van der Waals surface area contributed by atoms with Crippen LogP contribution in [0.15, 0.2) is 30.3 Å². The van der Waals surface area contributed by atoms with E-state index in [1.165, 1.54) is 0 Å². The molecule has 21 heavy (non-hydrogen) atoms. The Morgan fingerprint density at radius 2 is 1.95 bits per heavy atom. The van der Waals surface area contributed by atoms with Gasteiger partial charge in [0.25, 0.3) is 0 Å². The molecule has 4 N–H and O–H groups in total. The molecule has 1 aromatic rings. The predicted molar refractivity (Wildman–Crippen MR) is 77.2 cm³/mol. The van der Waals surface area contributed by atoms with Crippen molar-refractivity contribution in [1.29, 1.82) is 0 Å². The molecule has 0 aromatic heterocycles. The fourth-order valence-corrected chi connectivity index (χ4v) is 1.35. The zero-order valence-corrected chi connectivity index (χ0v) is 12.0. The highest BCUT2D eigenvalue weighted by molar-refractivity contribution is 5.80. The van der Waals surface area contributed by atoms with Crippen LogP contribution in [0.3, 0.4) is 0 Å². The summed E-state index contributed by atoms with van der Waals surface area (Å²) >= 11 is 0. The lowest BCUT2D eigenvalue weighted by Gasteiger charge is -2.09. The molecular weight excluding hydrogens is 274 g/mol. The van der Waals surface area contributed by atoms with E-state index in [0.29, 0.717) is 6.54 Å². The standard InChI is InChI=1S/C14H21N3O4/c1-11(15)13(18)17-10-20-8-7-16-14(19)21-9-12-5-3-2-4-6-12/h2-6,11H,7-10,15H2,1H3,(H,16,19)(H,17,18)/t11-/m0/s1. The molecule has 1 atom stereocenters. The summed E-state index contributed by atoms with van der Waals surface area (Å²) in [6, 6.07) is 8.82. The largest absolute Gasteiger partial charge is 0.445 e. The van der Waals surface area contributed by atoms with Crippen LogP contribution < -0.4 is 16.4 Å². The Morgan fingerprint density at radius 3 is 2.62 bits per heavy atom. The molecule has 1 aromatic carbocycles. The van der Waals surface area contributed by atoms with Gasteiger partial charge in [0.2, 0.25) is 5.91 Å². The van der Waals surface area contributed by atoms with Crippen LogP contribution in [-0.4, -0.2) is 37.9 Å². The van der Waals surface area contributed by atoms with E-state index < -0.39 is 12.1 Å². The van der Waals surface area contributed by atoms with Crippen LogP contribution in [0.4, 0.5) is 4.79 Å². The molecule has 0 aliphatic carbocycles. The van der Waals surface area contributed by atoms with E-state index in [1.807, 2.05) is 30.3 Å². The van der Waals surface area contributed by atoms with Crippen LogP contribution in [0.2, 0.25) is 0 Å². The molecule has 0 unspecified atom stereocenters. The highest BCUT2D eigenvalue weighted by atomic mass is 16.5. The number of hydrogen-bond donors (Lipinski definition) is 3. The minimum atomic E-state index is -0.570. The summed E-state index contributed by atoms with van der Waals surface area (Å²) in [5.41, 5.74) is 6.28. The number of nitrogens with one attached hydrogen (secondary N) is 2. The Hall–Kier alpha value is -2.12. The number of amides is 2. The van der Waals surface area contributed by atoms with Crippen LogP contribution in [-0.2, 0) is 20.9 Å². The first kappa shape index (κ1) is 16.9. The Bertz CT molecular complexity index is 437. The Kier molecular flexibility index (Phi) is 7.85. The monoisotopic (exact) mass is 295 g/mol. The first-order chi connectivity index (χ1) is 10.1. The number of ether oxygens (including phenoxy) is 2. The van der Waals surface area contributed by atoms with Gasteiger partial charge in [-0.2, -0.15) is 0 Å². The van der Waals surface area contributed by atoms with Crippen LogP contribution in [0.1, 0.15) is 12.5 Å². The molecule has 0 bridgehead atoms. The Labute approximate surface area is 123 Å². The van der Waals surface area contributed by atoms with Crippen molar-refractivity contribution in [2.75, 3.05) is 19.9 Å². The summed E-state index contributed by atoms with van der Waals surface area (Å²) < 4.78 is 10.1. The normalized spacial score (nSPS) is 11.5. The third-order valence-electron chi connectivity index (χ3n) is 2.49. The predicted octanol–water partition coefficient (Wildman–Crippen LogP) is 0.350. The average molecular weight is 295 g/mol. The maximum atomic E-state index is 11.4. The molecule has 0 heterocycles. The molecule has 7 nitrogen and oxygen atoms in total. The number of rotatable bonds is 8. The van der Waals surface area contributed by atoms with Gasteiger partial charge in [0.05, 0.1) is 12.6 Å². The molecule has 116 valence electrons. The molecule has 1 rings (SSSR count). The zero-order chi connectivity index (χ0) is 15.5. The lowest BCUT2D eigenvalue weighted by molar-refractivity contribution is -0.123. The van der Waals surface area contributed by atoms with Gasteiger partial charge < -0.3 is 25.8 Å². The molecular formula is C14H21N3O4. The third kappa shape index (κ3) is 7.91. The molecule has 0 saturated heterocycles. The van der Waals surface area contributed by atoms with E-state index in [9.17, 15) is 9.59 Å². The number of hydrogen-bond acceptors (Lipinski definition) is 5. The van der Waals surface area contributed by atoms with Crippen LogP contribution in [0.5, 0.6) is 0 Å². The molecule has 0 saturated carbocycles. The van der Waals surface area contributed by atoms with Gasteiger partial charge in [0.15, 0.2) is 0 Å².